The first-order valence-electron chi connectivity index (χ1n) is 15.3. The van der Waals surface area contributed by atoms with Crippen molar-refractivity contribution in [2.45, 2.75) is 87.5 Å². The molecule has 5 heterocycles. The Hall–Kier alpha value is -0.580. The van der Waals surface area contributed by atoms with E-state index in [4.69, 9.17) is 0 Å². The van der Waals surface area contributed by atoms with E-state index in [-0.39, 0.29) is 0 Å². The summed E-state index contributed by atoms with van der Waals surface area (Å²) >= 11 is 8.48. The standard InChI is InChI=1S/C14H12O2S3.C11H24.C6H8S.C4H2I2O2S/c1-9-3-5-11(17-9)13-7-8-14(19(13,15)16)12-6-4-10(2)18-12;1-5-7-8-11(6-2)9-10(3)4;1-5-3-4-6(2)7-5;5-3-1-2-4(6)9(3,7)8/h3-8H,1-2H3;10-11H,5-9H2,1-4H3;3-4H,1-2H3;1-2H. The van der Waals surface area contributed by atoms with Gasteiger partial charge in [0.25, 0.3) is 0 Å². The fourth-order valence-electron chi connectivity index (χ4n) is 4.62. The average molecular weight is 945 g/mol. The minimum atomic E-state index is -3.36. The Morgan fingerprint density at radius 2 is 1.04 bits per heavy atom. The highest BCUT2D eigenvalue weighted by Gasteiger charge is 2.31. The highest BCUT2D eigenvalue weighted by molar-refractivity contribution is 14.1. The van der Waals surface area contributed by atoms with E-state index in [1.165, 1.54) is 64.5 Å². The highest BCUT2D eigenvalue weighted by atomic mass is 127. The Bertz CT molecular complexity index is 1660. The van der Waals surface area contributed by atoms with Gasteiger partial charge in [0, 0.05) is 29.3 Å². The third-order valence-corrected chi connectivity index (χ3v) is 17.6. The largest absolute Gasteiger partial charge is 0.218 e. The van der Waals surface area contributed by atoms with E-state index in [0.717, 1.165) is 31.3 Å². The Morgan fingerprint density at radius 1 is 0.630 bits per heavy atom. The van der Waals surface area contributed by atoms with E-state index in [9.17, 15) is 16.8 Å². The van der Waals surface area contributed by atoms with Crippen molar-refractivity contribution < 1.29 is 16.8 Å². The van der Waals surface area contributed by atoms with Crippen LogP contribution in [0.15, 0.2) is 66.5 Å². The number of halogens is 2. The smallest absolute Gasteiger partial charge is 0.218 e. The van der Waals surface area contributed by atoms with E-state index in [2.05, 4.69) is 53.7 Å². The Kier molecular flexibility index (Phi) is 17.7. The van der Waals surface area contributed by atoms with Gasteiger partial charge in [-0.05, 0) is 152 Å². The first kappa shape index (κ1) is 41.6. The van der Waals surface area contributed by atoms with Crippen LogP contribution in [0.1, 0.15) is 89.1 Å². The highest BCUT2D eigenvalue weighted by Crippen LogP contribution is 2.41. The Balaban J connectivity index is 0.000000233. The summed E-state index contributed by atoms with van der Waals surface area (Å²) in [7, 11) is -6.37. The van der Waals surface area contributed by atoms with Crippen LogP contribution >= 0.6 is 79.2 Å². The maximum Gasteiger partial charge on any atom is 0.218 e. The normalized spacial score (nSPS) is 16.5. The van der Waals surface area contributed by atoms with Gasteiger partial charge in [0.15, 0.2) is 0 Å². The number of hydrogen-bond donors (Lipinski definition) is 0. The number of rotatable bonds is 8. The second kappa shape index (κ2) is 19.6. The average Bonchev–Trinajstić information content (AvgIpc) is 3.80. The summed E-state index contributed by atoms with van der Waals surface area (Å²) in [5.41, 5.74) is 0. The van der Waals surface area contributed by atoms with Gasteiger partial charge < -0.3 is 0 Å². The topological polar surface area (TPSA) is 68.3 Å². The number of thiophene rings is 3. The van der Waals surface area contributed by atoms with Gasteiger partial charge in [0.2, 0.25) is 19.7 Å². The molecule has 0 saturated heterocycles. The van der Waals surface area contributed by atoms with E-state index < -0.39 is 19.7 Å². The van der Waals surface area contributed by atoms with Crippen LogP contribution in [0.25, 0.3) is 9.81 Å². The van der Waals surface area contributed by atoms with Gasteiger partial charge in [0.1, 0.15) is 5.82 Å². The van der Waals surface area contributed by atoms with Crippen molar-refractivity contribution in [3.8, 4) is 0 Å². The predicted molar refractivity (Wildman–Crippen MR) is 223 cm³/mol. The number of allylic oxidation sites excluding steroid dienone is 4. The number of hydrogen-bond acceptors (Lipinski definition) is 7. The molecule has 4 nitrogen and oxygen atoms in total. The lowest BCUT2D eigenvalue weighted by molar-refractivity contribution is 0.366. The fraction of sp³-hybridized carbons (Fsp3) is 0.429. The van der Waals surface area contributed by atoms with E-state index in [0.29, 0.717) is 15.6 Å². The monoisotopic (exact) mass is 944 g/mol. The molecule has 3 aromatic rings. The SMILES string of the molecule is CCCCC(CC)CC(C)C.Cc1ccc(C)s1.Cc1ccc(C2=CC=C(c3ccc(C)s3)S2(=O)=O)s1.O=S1(=O)C(I)=CC=C1I. The van der Waals surface area contributed by atoms with Gasteiger partial charge in [0.05, 0.1) is 9.81 Å². The summed E-state index contributed by atoms with van der Waals surface area (Å²) in [6.45, 7) is 17.5. The molecule has 0 spiro atoms. The van der Waals surface area contributed by atoms with Crippen LogP contribution in [0.5, 0.6) is 0 Å². The van der Waals surface area contributed by atoms with Crippen LogP contribution in [-0.4, -0.2) is 16.8 Å². The van der Waals surface area contributed by atoms with Gasteiger partial charge in [-0.3, -0.25) is 0 Å². The first-order valence-corrected chi connectivity index (χ1v) is 22.9. The molecule has 0 radical (unpaired) electrons. The molecule has 5 rings (SSSR count). The molecule has 2 aliphatic heterocycles. The van der Waals surface area contributed by atoms with Crippen molar-refractivity contribution >= 4 is 109 Å². The molecule has 46 heavy (non-hydrogen) atoms. The molecular weight excluding hydrogens is 899 g/mol. The van der Waals surface area contributed by atoms with E-state index in [1.54, 1.807) is 69.5 Å². The minimum absolute atomic E-state index is 0.407. The quantitative estimate of drug-likeness (QED) is 0.211. The number of unbranched alkanes of at least 4 members (excludes halogenated alkanes) is 1. The van der Waals surface area contributed by atoms with Crippen molar-refractivity contribution in [3.63, 3.8) is 0 Å². The summed E-state index contributed by atoms with van der Waals surface area (Å²) in [5.74, 6) is 1.88. The van der Waals surface area contributed by atoms with E-state index >= 15 is 0 Å². The first-order chi connectivity index (χ1) is 21.5. The molecule has 1 unspecified atom stereocenters. The second-order valence-electron chi connectivity index (χ2n) is 11.5. The lowest BCUT2D eigenvalue weighted by atomic mass is 9.90. The van der Waals surface area contributed by atoms with Crippen LogP contribution in [0.2, 0.25) is 0 Å². The van der Waals surface area contributed by atoms with Gasteiger partial charge in [-0.15, -0.1) is 34.0 Å². The van der Waals surface area contributed by atoms with Gasteiger partial charge in [-0.25, -0.2) is 16.8 Å². The summed E-state index contributed by atoms with van der Waals surface area (Å²) in [5, 5.41) is 0. The van der Waals surface area contributed by atoms with Gasteiger partial charge in [-0.1, -0.05) is 53.4 Å². The number of sulfone groups is 2. The van der Waals surface area contributed by atoms with Crippen molar-refractivity contribution in [3.05, 3.63) is 95.8 Å². The molecule has 0 bridgehead atoms. The maximum absolute atomic E-state index is 12.6. The summed E-state index contributed by atoms with van der Waals surface area (Å²) in [6, 6.07) is 11.9. The Morgan fingerprint density at radius 3 is 1.30 bits per heavy atom. The lowest BCUT2D eigenvalue weighted by Crippen LogP contribution is -2.02. The second-order valence-corrected chi connectivity index (χ2v) is 23.2. The molecule has 1 atom stereocenters. The fourth-order valence-corrected chi connectivity index (χ4v) is 13.0. The van der Waals surface area contributed by atoms with Crippen LogP contribution < -0.4 is 0 Å². The molecule has 3 aromatic heterocycles. The molecule has 0 N–H and O–H groups in total. The maximum atomic E-state index is 12.6. The third kappa shape index (κ3) is 12.7. The van der Waals surface area contributed by atoms with Crippen molar-refractivity contribution in [2.75, 3.05) is 0 Å². The molecular formula is C35H46I2O4S5. The van der Waals surface area contributed by atoms with Crippen LogP contribution in [0, 0.1) is 39.5 Å². The zero-order valence-corrected chi connectivity index (χ0v) is 36.3. The van der Waals surface area contributed by atoms with Gasteiger partial charge >= 0.3 is 0 Å². The summed E-state index contributed by atoms with van der Waals surface area (Å²) in [6.07, 6.45) is 13.6. The molecule has 11 heteroatoms. The minimum Gasteiger partial charge on any atom is -0.218 e. The molecule has 0 saturated carbocycles. The van der Waals surface area contributed by atoms with Crippen LogP contribution in [0.3, 0.4) is 0 Å². The summed E-state index contributed by atoms with van der Waals surface area (Å²) in [4.78, 5) is 7.51. The molecule has 254 valence electrons. The Labute approximate surface area is 317 Å². The zero-order chi connectivity index (χ0) is 34.7. The molecule has 0 aromatic carbocycles. The van der Waals surface area contributed by atoms with Crippen molar-refractivity contribution in [1.29, 1.82) is 0 Å². The molecule has 0 fully saturated rings. The van der Waals surface area contributed by atoms with Crippen LogP contribution in [-0.2, 0) is 19.7 Å². The van der Waals surface area contributed by atoms with Gasteiger partial charge in [-0.2, -0.15) is 0 Å². The number of aryl methyl sites for hydroxylation is 4. The van der Waals surface area contributed by atoms with Crippen molar-refractivity contribution in [1.82, 2.24) is 0 Å². The molecule has 0 aliphatic carbocycles. The third-order valence-electron chi connectivity index (χ3n) is 7.01. The zero-order valence-electron chi connectivity index (χ0n) is 27.9. The van der Waals surface area contributed by atoms with Crippen molar-refractivity contribution in [2.24, 2.45) is 11.8 Å². The van der Waals surface area contributed by atoms with Crippen LogP contribution in [0.4, 0.5) is 0 Å². The molecule has 0 amide bonds. The summed E-state index contributed by atoms with van der Waals surface area (Å²) < 4.78 is 47.9. The van der Waals surface area contributed by atoms with E-state index in [1.807, 2.05) is 49.4 Å². The molecule has 2 aliphatic rings. The lowest BCUT2D eigenvalue weighted by Gasteiger charge is -2.16. The predicted octanol–water partition coefficient (Wildman–Crippen LogP) is 12.8.